The van der Waals surface area contributed by atoms with Crippen LogP contribution < -0.4 is 4.90 Å². The molecular formula is C29H29N3O. The molecule has 33 heavy (non-hydrogen) atoms. The molecule has 4 heteroatoms. The zero-order valence-electron chi connectivity index (χ0n) is 18.9. The van der Waals surface area contributed by atoms with E-state index in [1.165, 1.54) is 5.56 Å². The van der Waals surface area contributed by atoms with Gasteiger partial charge < -0.3 is 4.90 Å². The van der Waals surface area contributed by atoms with Gasteiger partial charge >= 0.3 is 0 Å². The van der Waals surface area contributed by atoms with Crippen LogP contribution in [0.1, 0.15) is 41.9 Å². The van der Waals surface area contributed by atoms with Gasteiger partial charge in [0, 0.05) is 5.69 Å². The van der Waals surface area contributed by atoms with E-state index < -0.39 is 5.41 Å². The van der Waals surface area contributed by atoms with E-state index >= 15 is 0 Å². The number of hydrogen-bond donors (Lipinski definition) is 0. The Bertz CT molecular complexity index is 1150. The van der Waals surface area contributed by atoms with Crippen molar-refractivity contribution in [3.8, 4) is 6.07 Å². The van der Waals surface area contributed by atoms with Gasteiger partial charge in [-0.25, -0.2) is 0 Å². The zero-order valence-corrected chi connectivity index (χ0v) is 18.9. The van der Waals surface area contributed by atoms with Crippen molar-refractivity contribution in [3.63, 3.8) is 0 Å². The molecule has 0 N–H and O–H groups in total. The highest BCUT2D eigenvalue weighted by molar-refractivity contribution is 6.10. The van der Waals surface area contributed by atoms with E-state index in [2.05, 4.69) is 59.5 Å². The molecule has 1 fully saturated rings. The van der Waals surface area contributed by atoms with Crippen molar-refractivity contribution in [1.29, 1.82) is 5.26 Å². The van der Waals surface area contributed by atoms with E-state index in [0.717, 1.165) is 49.3 Å². The first kappa shape index (κ1) is 21.4. The fourth-order valence-corrected chi connectivity index (χ4v) is 5.68. The molecule has 1 atom stereocenters. The lowest BCUT2D eigenvalue weighted by atomic mass is 9.72. The molecule has 2 heterocycles. The fourth-order valence-electron chi connectivity index (χ4n) is 5.68. The summed E-state index contributed by atoms with van der Waals surface area (Å²) in [5.41, 5.74) is 3.60. The van der Waals surface area contributed by atoms with E-state index in [1.54, 1.807) is 4.90 Å². The molecule has 3 aromatic carbocycles. The van der Waals surface area contributed by atoms with Crippen molar-refractivity contribution < 1.29 is 4.79 Å². The summed E-state index contributed by atoms with van der Waals surface area (Å²) in [5, 5.41) is 9.41. The van der Waals surface area contributed by atoms with Crippen LogP contribution in [0.25, 0.3) is 0 Å². The highest BCUT2D eigenvalue weighted by Gasteiger charge is 2.51. The van der Waals surface area contributed by atoms with Crippen molar-refractivity contribution in [2.45, 2.75) is 30.6 Å². The van der Waals surface area contributed by atoms with Crippen LogP contribution >= 0.6 is 0 Å². The molecule has 1 amide bonds. The number of benzene rings is 3. The van der Waals surface area contributed by atoms with Gasteiger partial charge in [-0.2, -0.15) is 5.26 Å². The number of nitriles is 1. The van der Waals surface area contributed by atoms with Crippen LogP contribution in [-0.2, 0) is 10.2 Å². The number of anilines is 1. The number of amides is 1. The van der Waals surface area contributed by atoms with Crippen molar-refractivity contribution >= 4 is 11.6 Å². The standard InChI is InChI=1S/C29H29N3O/c30-18-22-32-27-14-8-7-13-26(27)29(28(32)33,25-11-5-2-6-12-25)17-21-31-19-15-24(16-20-31)23-9-3-1-4-10-23/h1-14,24H,15-17,19-22H2. The molecule has 2 aliphatic rings. The van der Waals surface area contributed by atoms with Crippen LogP contribution in [0.2, 0.25) is 0 Å². The van der Waals surface area contributed by atoms with Crippen molar-refractivity contribution in [2.24, 2.45) is 0 Å². The Morgan fingerprint density at radius 3 is 2.21 bits per heavy atom. The summed E-state index contributed by atoms with van der Waals surface area (Å²) in [7, 11) is 0. The third kappa shape index (κ3) is 3.83. The van der Waals surface area contributed by atoms with Crippen LogP contribution in [-0.4, -0.2) is 37.0 Å². The Labute approximate surface area is 196 Å². The second kappa shape index (κ2) is 9.21. The van der Waals surface area contributed by atoms with E-state index in [9.17, 15) is 10.1 Å². The normalized spacial score (nSPS) is 21.1. The van der Waals surface area contributed by atoms with Gasteiger partial charge in [-0.15, -0.1) is 0 Å². The lowest BCUT2D eigenvalue weighted by Crippen LogP contribution is -2.44. The van der Waals surface area contributed by atoms with Crippen LogP contribution in [0.3, 0.4) is 0 Å². The molecule has 0 bridgehead atoms. The average Bonchev–Trinajstić information content (AvgIpc) is 3.12. The second-order valence-corrected chi connectivity index (χ2v) is 9.11. The minimum atomic E-state index is -0.745. The third-order valence-electron chi connectivity index (χ3n) is 7.42. The molecule has 166 valence electrons. The Morgan fingerprint density at radius 2 is 1.52 bits per heavy atom. The van der Waals surface area contributed by atoms with Gasteiger partial charge in [0.1, 0.15) is 12.0 Å². The summed E-state index contributed by atoms with van der Waals surface area (Å²) in [5.74, 6) is 0.640. The summed E-state index contributed by atoms with van der Waals surface area (Å²) in [6.07, 6.45) is 3.01. The molecule has 0 aliphatic carbocycles. The second-order valence-electron chi connectivity index (χ2n) is 9.11. The number of carbonyl (C=O) groups is 1. The minimum absolute atomic E-state index is 0.0237. The van der Waals surface area contributed by atoms with Gasteiger partial charge in [-0.1, -0.05) is 78.9 Å². The lowest BCUT2D eigenvalue weighted by Gasteiger charge is -2.36. The van der Waals surface area contributed by atoms with Crippen LogP contribution in [0.5, 0.6) is 0 Å². The maximum Gasteiger partial charge on any atom is 0.243 e. The first-order chi connectivity index (χ1) is 16.2. The Hall–Kier alpha value is -3.42. The number of para-hydroxylation sites is 1. The van der Waals surface area contributed by atoms with E-state index in [1.807, 2.05) is 36.4 Å². The molecule has 4 nitrogen and oxygen atoms in total. The van der Waals surface area contributed by atoms with Crippen LogP contribution in [0.4, 0.5) is 5.69 Å². The van der Waals surface area contributed by atoms with Crippen molar-refractivity contribution in [2.75, 3.05) is 31.1 Å². The zero-order chi connectivity index (χ0) is 22.7. The van der Waals surface area contributed by atoms with E-state index in [4.69, 9.17) is 0 Å². The summed E-state index contributed by atoms with van der Waals surface area (Å²) in [6.45, 7) is 3.02. The minimum Gasteiger partial charge on any atom is -0.303 e. The van der Waals surface area contributed by atoms with E-state index in [0.29, 0.717) is 12.3 Å². The average molecular weight is 436 g/mol. The van der Waals surface area contributed by atoms with Crippen LogP contribution in [0, 0.1) is 11.3 Å². The van der Waals surface area contributed by atoms with E-state index in [-0.39, 0.29) is 12.5 Å². The quantitative estimate of drug-likeness (QED) is 0.506. The molecule has 5 rings (SSSR count). The highest BCUT2D eigenvalue weighted by atomic mass is 16.2. The maximum atomic E-state index is 13.9. The number of fused-ring (bicyclic) bond motifs is 1. The van der Waals surface area contributed by atoms with Crippen molar-refractivity contribution in [1.82, 2.24) is 4.90 Å². The van der Waals surface area contributed by atoms with Crippen molar-refractivity contribution in [3.05, 3.63) is 102 Å². The predicted octanol–water partition coefficient (Wildman–Crippen LogP) is 5.11. The Balaban J connectivity index is 1.40. The molecule has 1 saturated heterocycles. The van der Waals surface area contributed by atoms with Gasteiger partial charge in [-0.05, 0) is 67.6 Å². The molecule has 2 aliphatic heterocycles. The number of likely N-dealkylation sites (tertiary alicyclic amines) is 1. The number of hydrogen-bond acceptors (Lipinski definition) is 3. The predicted molar refractivity (Wildman–Crippen MR) is 131 cm³/mol. The SMILES string of the molecule is N#CCN1C(=O)C(CCN2CCC(c3ccccc3)CC2)(c2ccccc2)c2ccccc21. The number of piperidine rings is 1. The molecule has 0 aromatic heterocycles. The Kier molecular flexibility index (Phi) is 5.98. The maximum absolute atomic E-state index is 13.9. The summed E-state index contributed by atoms with van der Waals surface area (Å²) in [6, 6.07) is 31.1. The summed E-state index contributed by atoms with van der Waals surface area (Å²) < 4.78 is 0. The lowest BCUT2D eigenvalue weighted by molar-refractivity contribution is -0.122. The van der Waals surface area contributed by atoms with Gasteiger partial charge in [0.15, 0.2) is 0 Å². The molecule has 0 radical (unpaired) electrons. The summed E-state index contributed by atoms with van der Waals surface area (Å²) in [4.78, 5) is 18.1. The molecule has 0 spiro atoms. The highest BCUT2D eigenvalue weighted by Crippen LogP contribution is 2.48. The first-order valence-electron chi connectivity index (χ1n) is 11.9. The first-order valence-corrected chi connectivity index (χ1v) is 11.9. The van der Waals surface area contributed by atoms with Gasteiger partial charge in [0.25, 0.3) is 0 Å². The number of carbonyl (C=O) groups excluding carboxylic acids is 1. The van der Waals surface area contributed by atoms with Crippen LogP contribution in [0.15, 0.2) is 84.9 Å². The number of rotatable bonds is 6. The molecule has 3 aromatic rings. The largest absolute Gasteiger partial charge is 0.303 e. The molecule has 1 unspecified atom stereocenters. The molecule has 0 saturated carbocycles. The molecular weight excluding hydrogens is 406 g/mol. The Morgan fingerprint density at radius 1 is 0.879 bits per heavy atom. The third-order valence-corrected chi connectivity index (χ3v) is 7.42. The van der Waals surface area contributed by atoms with Gasteiger partial charge in [0.05, 0.1) is 6.07 Å². The topological polar surface area (TPSA) is 47.3 Å². The fraction of sp³-hybridized carbons (Fsp3) is 0.310. The van der Waals surface area contributed by atoms with Gasteiger partial charge in [0.2, 0.25) is 5.91 Å². The monoisotopic (exact) mass is 435 g/mol. The van der Waals surface area contributed by atoms with Gasteiger partial charge in [-0.3, -0.25) is 9.69 Å². The smallest absolute Gasteiger partial charge is 0.243 e. The number of nitrogens with zero attached hydrogens (tertiary/aromatic N) is 3. The summed E-state index contributed by atoms with van der Waals surface area (Å²) >= 11 is 0.